The molecular weight excluding hydrogens is 442 g/mol. The van der Waals surface area contributed by atoms with Crippen molar-refractivity contribution < 1.29 is 19.1 Å². The second-order valence-electron chi connectivity index (χ2n) is 10.6. The Morgan fingerprint density at radius 1 is 1.00 bits per heavy atom. The maximum atomic E-state index is 14.0. The van der Waals surface area contributed by atoms with Crippen molar-refractivity contribution in [3.05, 3.63) is 34.9 Å². The van der Waals surface area contributed by atoms with E-state index in [1.54, 1.807) is 25.7 Å². The van der Waals surface area contributed by atoms with E-state index in [0.29, 0.717) is 19.5 Å². The van der Waals surface area contributed by atoms with Gasteiger partial charge in [0.1, 0.15) is 17.7 Å². The zero-order chi connectivity index (χ0) is 26.8. The molecule has 0 saturated carbocycles. The average Bonchev–Trinajstić information content (AvgIpc) is 2.74. The van der Waals surface area contributed by atoms with Crippen LogP contribution >= 0.6 is 0 Å². The summed E-state index contributed by atoms with van der Waals surface area (Å²) in [6.07, 6.45) is 3.00. The molecule has 198 valence electrons. The average molecular weight is 490 g/mol. The van der Waals surface area contributed by atoms with Gasteiger partial charge in [0.25, 0.3) is 0 Å². The Kier molecular flexibility index (Phi) is 12.3. The van der Waals surface area contributed by atoms with Crippen LogP contribution in [0.25, 0.3) is 0 Å². The molecule has 0 aromatic heterocycles. The highest BCUT2D eigenvalue weighted by Crippen LogP contribution is 2.29. The van der Waals surface area contributed by atoms with E-state index in [4.69, 9.17) is 4.74 Å². The quantitative estimate of drug-likeness (QED) is 0.383. The van der Waals surface area contributed by atoms with Crippen LogP contribution in [0.2, 0.25) is 0 Å². The number of hydrogen-bond donors (Lipinski definition) is 2. The predicted molar refractivity (Wildman–Crippen MR) is 141 cm³/mol. The SMILES string of the molecule is CCCCCNC(=O)C(c1c(C)cccc1C)N(CCC)C(=O)C(NC(=O)OC(C)(C)C)C(C)C. The second-order valence-corrected chi connectivity index (χ2v) is 10.6. The van der Waals surface area contributed by atoms with Crippen LogP contribution in [0, 0.1) is 19.8 Å². The highest BCUT2D eigenvalue weighted by molar-refractivity contribution is 5.92. The summed E-state index contributed by atoms with van der Waals surface area (Å²) >= 11 is 0. The van der Waals surface area contributed by atoms with Crippen LogP contribution in [0.15, 0.2) is 18.2 Å². The molecule has 1 rings (SSSR count). The number of nitrogens with zero attached hydrogens (tertiary/aromatic N) is 1. The van der Waals surface area contributed by atoms with Gasteiger partial charge in [0.15, 0.2) is 0 Å². The summed E-state index contributed by atoms with van der Waals surface area (Å²) in [5, 5.41) is 5.82. The minimum absolute atomic E-state index is 0.194. The number of amides is 3. The number of carbonyl (C=O) groups excluding carboxylic acids is 3. The van der Waals surface area contributed by atoms with E-state index in [1.165, 1.54) is 0 Å². The van der Waals surface area contributed by atoms with E-state index >= 15 is 0 Å². The first-order valence-electron chi connectivity index (χ1n) is 13.0. The Balaban J connectivity index is 3.43. The lowest BCUT2D eigenvalue weighted by atomic mass is 9.92. The van der Waals surface area contributed by atoms with Gasteiger partial charge in [-0.3, -0.25) is 9.59 Å². The van der Waals surface area contributed by atoms with Crippen LogP contribution in [0.3, 0.4) is 0 Å². The van der Waals surface area contributed by atoms with Gasteiger partial charge >= 0.3 is 6.09 Å². The standard InChI is InChI=1S/C28H47N3O4/c1-10-12-13-17-29-25(32)24(22-20(5)15-14-16-21(22)6)31(18-11-2)26(33)23(19(3)4)30-27(34)35-28(7,8)9/h14-16,19,23-24H,10-13,17-18H2,1-9H3,(H,29,32)(H,30,34). The maximum Gasteiger partial charge on any atom is 0.408 e. The van der Waals surface area contributed by atoms with Gasteiger partial charge in [0, 0.05) is 13.1 Å². The van der Waals surface area contributed by atoms with Gasteiger partial charge in [-0.05, 0) is 70.1 Å². The van der Waals surface area contributed by atoms with E-state index < -0.39 is 23.8 Å². The van der Waals surface area contributed by atoms with Gasteiger partial charge < -0.3 is 20.3 Å². The summed E-state index contributed by atoms with van der Waals surface area (Å²) in [6.45, 7) is 18.1. The van der Waals surface area contributed by atoms with Gasteiger partial charge in [-0.2, -0.15) is 0 Å². The van der Waals surface area contributed by atoms with Gasteiger partial charge in [-0.1, -0.05) is 58.7 Å². The Morgan fingerprint density at radius 2 is 1.60 bits per heavy atom. The Hall–Kier alpha value is -2.57. The fraction of sp³-hybridized carbons (Fsp3) is 0.679. The number of rotatable bonds is 12. The lowest BCUT2D eigenvalue weighted by Crippen LogP contribution is -2.55. The molecule has 0 aliphatic carbocycles. The van der Waals surface area contributed by atoms with Crippen LogP contribution < -0.4 is 10.6 Å². The smallest absolute Gasteiger partial charge is 0.408 e. The van der Waals surface area contributed by atoms with Gasteiger partial charge in [0.05, 0.1) is 0 Å². The topological polar surface area (TPSA) is 87.7 Å². The zero-order valence-electron chi connectivity index (χ0n) is 23.3. The van der Waals surface area contributed by atoms with Crippen molar-refractivity contribution in [3.8, 4) is 0 Å². The van der Waals surface area contributed by atoms with Gasteiger partial charge in [0.2, 0.25) is 11.8 Å². The Bertz CT molecular complexity index is 825. The van der Waals surface area contributed by atoms with E-state index in [0.717, 1.165) is 36.0 Å². The van der Waals surface area contributed by atoms with E-state index in [2.05, 4.69) is 17.6 Å². The molecule has 0 saturated heterocycles. The number of unbranched alkanes of at least 4 members (excludes halogenated alkanes) is 2. The van der Waals surface area contributed by atoms with Crippen molar-refractivity contribution in [2.24, 2.45) is 5.92 Å². The fourth-order valence-corrected chi connectivity index (χ4v) is 4.10. The van der Waals surface area contributed by atoms with Gasteiger partial charge in [-0.25, -0.2) is 4.79 Å². The first-order valence-corrected chi connectivity index (χ1v) is 13.0. The molecule has 2 N–H and O–H groups in total. The lowest BCUT2D eigenvalue weighted by Gasteiger charge is -2.36. The molecule has 7 nitrogen and oxygen atoms in total. The highest BCUT2D eigenvalue weighted by atomic mass is 16.6. The largest absolute Gasteiger partial charge is 0.444 e. The van der Waals surface area contributed by atoms with Crippen molar-refractivity contribution in [2.45, 2.75) is 106 Å². The summed E-state index contributed by atoms with van der Waals surface area (Å²) in [6, 6.07) is 4.28. The Labute approximate surface area is 212 Å². The van der Waals surface area contributed by atoms with Gasteiger partial charge in [-0.15, -0.1) is 0 Å². The molecule has 2 atom stereocenters. The van der Waals surface area contributed by atoms with Crippen molar-refractivity contribution in [2.75, 3.05) is 13.1 Å². The maximum absolute atomic E-state index is 14.0. The minimum atomic E-state index is -0.823. The van der Waals surface area contributed by atoms with Crippen LogP contribution in [-0.4, -0.2) is 47.5 Å². The summed E-state index contributed by atoms with van der Waals surface area (Å²) in [7, 11) is 0. The number of ether oxygens (including phenoxy) is 1. The molecule has 0 aliphatic rings. The second kappa shape index (κ2) is 14.1. The normalized spacial score (nSPS) is 13.2. The molecule has 0 spiro atoms. The number of carbonyl (C=O) groups is 3. The number of hydrogen-bond acceptors (Lipinski definition) is 4. The molecule has 0 bridgehead atoms. The van der Waals surface area contributed by atoms with Crippen LogP contribution in [0.5, 0.6) is 0 Å². The first-order chi connectivity index (χ1) is 16.3. The van der Waals surface area contributed by atoms with Crippen LogP contribution in [0.1, 0.15) is 96.9 Å². The molecular formula is C28H47N3O4. The molecule has 1 aromatic rings. The Morgan fingerprint density at radius 3 is 2.09 bits per heavy atom. The minimum Gasteiger partial charge on any atom is -0.444 e. The molecule has 0 aliphatic heterocycles. The molecule has 0 heterocycles. The summed E-state index contributed by atoms with van der Waals surface area (Å²) in [5.41, 5.74) is 2.06. The van der Waals surface area contributed by atoms with Crippen molar-refractivity contribution in [1.29, 1.82) is 0 Å². The third-order valence-electron chi connectivity index (χ3n) is 5.81. The highest BCUT2D eigenvalue weighted by Gasteiger charge is 2.38. The summed E-state index contributed by atoms with van der Waals surface area (Å²) in [4.78, 5) is 41.8. The summed E-state index contributed by atoms with van der Waals surface area (Å²) in [5.74, 6) is -0.676. The lowest BCUT2D eigenvalue weighted by molar-refractivity contribution is -0.143. The first kappa shape index (κ1) is 30.5. The third-order valence-corrected chi connectivity index (χ3v) is 5.81. The number of nitrogens with one attached hydrogen (secondary N) is 2. The molecule has 1 aromatic carbocycles. The van der Waals surface area contributed by atoms with Crippen molar-refractivity contribution in [3.63, 3.8) is 0 Å². The number of benzene rings is 1. The third kappa shape index (κ3) is 9.54. The molecule has 7 heteroatoms. The predicted octanol–water partition coefficient (Wildman–Crippen LogP) is 5.44. The molecule has 3 amide bonds. The monoisotopic (exact) mass is 489 g/mol. The number of aryl methyl sites for hydroxylation is 2. The number of alkyl carbamates (subject to hydrolysis) is 1. The van der Waals surface area contributed by atoms with E-state index in [1.807, 2.05) is 52.8 Å². The van der Waals surface area contributed by atoms with Crippen LogP contribution in [0.4, 0.5) is 4.79 Å². The molecule has 35 heavy (non-hydrogen) atoms. The van der Waals surface area contributed by atoms with E-state index in [9.17, 15) is 14.4 Å². The van der Waals surface area contributed by atoms with Crippen molar-refractivity contribution in [1.82, 2.24) is 15.5 Å². The summed E-state index contributed by atoms with van der Waals surface area (Å²) < 4.78 is 5.42. The molecule has 0 radical (unpaired) electrons. The molecule has 0 fully saturated rings. The van der Waals surface area contributed by atoms with Crippen molar-refractivity contribution >= 4 is 17.9 Å². The zero-order valence-corrected chi connectivity index (χ0v) is 23.3. The molecule has 2 unspecified atom stereocenters. The fourth-order valence-electron chi connectivity index (χ4n) is 4.10. The van der Waals surface area contributed by atoms with E-state index in [-0.39, 0.29) is 17.7 Å². The van der Waals surface area contributed by atoms with Crippen LogP contribution in [-0.2, 0) is 14.3 Å².